The zero-order chi connectivity index (χ0) is 23.2. The molecule has 1 atom stereocenters. The van der Waals surface area contributed by atoms with Gasteiger partial charge in [-0.1, -0.05) is 40.8 Å². The summed E-state index contributed by atoms with van der Waals surface area (Å²) in [6, 6.07) is 1.38. The number of thiophene rings is 1. The maximum absolute atomic E-state index is 12.1. The lowest BCUT2D eigenvalue weighted by atomic mass is 9.93. The lowest BCUT2D eigenvalue weighted by molar-refractivity contribution is -0.380. The molecule has 2 aromatic rings. The fraction of sp³-hybridized carbons (Fsp3) is 0.300. The Morgan fingerprint density at radius 1 is 1.26 bits per heavy atom. The molecule has 2 aliphatic rings. The van der Waals surface area contributed by atoms with E-state index in [1.165, 1.54) is 6.07 Å². The molecular formula is C20H20ClN7O5S. The highest BCUT2D eigenvalue weighted by atomic mass is 35.5. The number of azo groups is 1. The van der Waals surface area contributed by atoms with E-state index in [1.54, 1.807) is 11.5 Å². The van der Waals surface area contributed by atoms with Gasteiger partial charge in [0.2, 0.25) is 17.6 Å². The van der Waals surface area contributed by atoms with E-state index < -0.39 is 10.8 Å². The zero-order valence-electron chi connectivity index (χ0n) is 17.7. The first-order valence-corrected chi connectivity index (χ1v) is 11.0. The molecule has 2 amide bonds. The Balaban J connectivity index is 0.00000324. The van der Waals surface area contributed by atoms with Crippen LogP contribution in [0, 0.1) is 16.0 Å². The van der Waals surface area contributed by atoms with Crippen molar-refractivity contribution in [3.8, 4) is 11.4 Å². The standard InChI is InChI=1S/C20H19N7O5S.ClH/c28-15(6-7-16-23-18(26-32-16)12-10-17(27(30)31)33-11-12)21-8-3-9-22-19-13-4-1-2-5-14(13)20(29)25-24-19;/h1-2,4-5,10-11,14,22H,3,6-9H2,(H,21,28);1H. The summed E-state index contributed by atoms with van der Waals surface area (Å²) in [5, 5.41) is 29.7. The summed E-state index contributed by atoms with van der Waals surface area (Å²) >= 11 is 0.982. The summed E-state index contributed by atoms with van der Waals surface area (Å²) in [7, 11) is 0. The second-order valence-electron chi connectivity index (χ2n) is 7.14. The fourth-order valence-electron chi connectivity index (χ4n) is 3.18. The smallest absolute Gasteiger partial charge is 0.324 e. The Labute approximate surface area is 203 Å². The number of nitro groups is 1. The molecule has 1 aliphatic heterocycles. The normalized spacial score (nSPS) is 16.2. The molecule has 0 saturated carbocycles. The highest BCUT2D eigenvalue weighted by Gasteiger charge is 2.27. The Kier molecular flexibility index (Phi) is 8.38. The minimum absolute atomic E-state index is 0. The van der Waals surface area contributed by atoms with Gasteiger partial charge in [0, 0.05) is 48.5 Å². The molecule has 0 radical (unpaired) electrons. The number of hydrogen-bond acceptors (Lipinski definition) is 10. The summed E-state index contributed by atoms with van der Waals surface area (Å²) < 4.78 is 5.13. The second kappa shape index (κ2) is 11.4. The van der Waals surface area contributed by atoms with Crippen LogP contribution in [-0.4, -0.2) is 40.0 Å². The molecule has 2 N–H and O–H groups in total. The number of allylic oxidation sites excluding steroid dienone is 3. The van der Waals surface area contributed by atoms with Crippen LogP contribution in [0.2, 0.25) is 0 Å². The van der Waals surface area contributed by atoms with Crippen LogP contribution < -0.4 is 10.6 Å². The number of nitrogens with zero attached hydrogens (tertiary/aromatic N) is 5. The third-order valence-electron chi connectivity index (χ3n) is 4.84. The van der Waals surface area contributed by atoms with Crippen molar-refractivity contribution >= 4 is 40.6 Å². The Bertz CT molecular complexity index is 1200. The molecule has 0 fully saturated rings. The van der Waals surface area contributed by atoms with Crippen LogP contribution in [0.3, 0.4) is 0 Å². The van der Waals surface area contributed by atoms with E-state index in [0.29, 0.717) is 30.9 Å². The van der Waals surface area contributed by atoms with Gasteiger partial charge >= 0.3 is 5.00 Å². The van der Waals surface area contributed by atoms with Gasteiger partial charge < -0.3 is 15.2 Å². The van der Waals surface area contributed by atoms with E-state index >= 15 is 0 Å². The van der Waals surface area contributed by atoms with E-state index in [0.717, 1.165) is 16.9 Å². The molecule has 0 spiro atoms. The Morgan fingerprint density at radius 3 is 2.91 bits per heavy atom. The number of amides is 2. The number of carbonyl (C=O) groups is 2. The van der Waals surface area contributed by atoms with Crippen molar-refractivity contribution in [2.24, 2.45) is 16.1 Å². The average Bonchev–Trinajstić information content (AvgIpc) is 3.49. The lowest BCUT2D eigenvalue weighted by Gasteiger charge is -2.20. The van der Waals surface area contributed by atoms with Gasteiger partial charge in [-0.05, 0) is 6.42 Å². The minimum Gasteiger partial charge on any atom is -0.368 e. The van der Waals surface area contributed by atoms with Crippen molar-refractivity contribution in [1.29, 1.82) is 0 Å². The fourth-order valence-corrected chi connectivity index (χ4v) is 3.89. The molecule has 2 aromatic heterocycles. The number of aromatic nitrogens is 2. The highest BCUT2D eigenvalue weighted by molar-refractivity contribution is 7.13. The van der Waals surface area contributed by atoms with Crippen molar-refractivity contribution in [2.45, 2.75) is 19.3 Å². The predicted octanol–water partition coefficient (Wildman–Crippen LogP) is 3.10. The number of aryl methyl sites for hydroxylation is 1. The molecule has 12 nitrogen and oxygen atoms in total. The molecular weight excluding hydrogens is 486 g/mol. The maximum Gasteiger partial charge on any atom is 0.324 e. The van der Waals surface area contributed by atoms with Crippen molar-refractivity contribution in [1.82, 2.24) is 20.8 Å². The number of hydrogen-bond donors (Lipinski definition) is 2. The number of nitrogens with one attached hydrogen (secondary N) is 2. The maximum atomic E-state index is 12.1. The van der Waals surface area contributed by atoms with E-state index in [9.17, 15) is 19.7 Å². The molecule has 178 valence electrons. The Morgan fingerprint density at radius 2 is 2.12 bits per heavy atom. The molecule has 1 aliphatic carbocycles. The molecule has 0 bridgehead atoms. The summed E-state index contributed by atoms with van der Waals surface area (Å²) in [4.78, 5) is 38.3. The molecule has 0 aromatic carbocycles. The van der Waals surface area contributed by atoms with Gasteiger partial charge in [0.05, 0.1) is 10.8 Å². The van der Waals surface area contributed by atoms with Gasteiger partial charge in [-0.3, -0.25) is 19.7 Å². The van der Waals surface area contributed by atoms with Gasteiger partial charge in [-0.15, -0.1) is 22.6 Å². The van der Waals surface area contributed by atoms with Crippen molar-refractivity contribution < 1.29 is 19.0 Å². The molecule has 0 saturated heterocycles. The minimum atomic E-state index is -0.478. The van der Waals surface area contributed by atoms with E-state index in [4.69, 9.17) is 4.52 Å². The number of fused-ring (bicyclic) bond motifs is 1. The first kappa shape index (κ1) is 24.9. The van der Waals surface area contributed by atoms with Crippen LogP contribution in [0.15, 0.2) is 61.9 Å². The summed E-state index contributed by atoms with van der Waals surface area (Å²) in [5.41, 5.74) is 1.29. The number of halogens is 1. The second-order valence-corrected chi connectivity index (χ2v) is 8.03. The predicted molar refractivity (Wildman–Crippen MR) is 124 cm³/mol. The van der Waals surface area contributed by atoms with Gasteiger partial charge in [-0.2, -0.15) is 4.98 Å². The molecule has 14 heteroatoms. The van der Waals surface area contributed by atoms with Gasteiger partial charge in [0.1, 0.15) is 0 Å². The van der Waals surface area contributed by atoms with Gasteiger partial charge in [-0.25, -0.2) is 0 Å². The van der Waals surface area contributed by atoms with Crippen molar-refractivity contribution in [2.75, 3.05) is 13.1 Å². The van der Waals surface area contributed by atoms with Gasteiger partial charge in [0.25, 0.3) is 5.91 Å². The van der Waals surface area contributed by atoms with Crippen molar-refractivity contribution in [3.63, 3.8) is 0 Å². The lowest BCUT2D eigenvalue weighted by Crippen LogP contribution is -2.28. The van der Waals surface area contributed by atoms with Crippen molar-refractivity contribution in [3.05, 3.63) is 63.1 Å². The molecule has 3 heterocycles. The summed E-state index contributed by atoms with van der Waals surface area (Å²) in [5.74, 6) is 0.262. The first-order chi connectivity index (χ1) is 16.0. The van der Waals surface area contributed by atoms with Crippen LogP contribution in [0.25, 0.3) is 11.4 Å². The first-order valence-electron chi connectivity index (χ1n) is 10.1. The summed E-state index contributed by atoms with van der Waals surface area (Å²) in [6.07, 6.45) is 8.36. The molecule has 1 unspecified atom stereocenters. The van der Waals surface area contributed by atoms with Crippen LogP contribution in [0.4, 0.5) is 5.00 Å². The zero-order valence-corrected chi connectivity index (χ0v) is 19.3. The van der Waals surface area contributed by atoms with Crippen LogP contribution >= 0.6 is 23.7 Å². The Hall–Kier alpha value is -3.71. The van der Waals surface area contributed by atoms with E-state index in [2.05, 4.69) is 31.0 Å². The molecule has 4 rings (SSSR count). The quantitative estimate of drug-likeness (QED) is 0.282. The topological polar surface area (TPSA) is 165 Å². The third kappa shape index (κ3) is 5.99. The number of rotatable bonds is 10. The monoisotopic (exact) mass is 505 g/mol. The summed E-state index contributed by atoms with van der Waals surface area (Å²) in [6.45, 7) is 1.01. The van der Waals surface area contributed by atoms with Crippen LogP contribution in [0.1, 0.15) is 18.7 Å². The highest BCUT2D eigenvalue weighted by Crippen LogP contribution is 2.29. The largest absolute Gasteiger partial charge is 0.368 e. The van der Waals surface area contributed by atoms with Gasteiger partial charge in [0.15, 0.2) is 5.82 Å². The van der Waals surface area contributed by atoms with Crippen LogP contribution in [-0.2, 0) is 16.0 Å². The number of carbonyl (C=O) groups excluding carboxylic acids is 2. The van der Waals surface area contributed by atoms with Crippen LogP contribution in [0.5, 0.6) is 0 Å². The average molecular weight is 506 g/mol. The van der Waals surface area contributed by atoms with E-state index in [1.807, 2.05) is 18.2 Å². The SMILES string of the molecule is Cl.O=C(CCc1nc(-c2csc([N+](=O)[O-])c2)no1)NCCCNC1=C2C=CC=CC2C(=O)N=N1. The van der Waals surface area contributed by atoms with E-state index in [-0.39, 0.29) is 53.8 Å². The molecule has 34 heavy (non-hydrogen) atoms. The third-order valence-corrected chi connectivity index (χ3v) is 5.72.